The van der Waals surface area contributed by atoms with Crippen molar-refractivity contribution in [2.75, 3.05) is 19.4 Å². The van der Waals surface area contributed by atoms with Crippen LogP contribution in [0.25, 0.3) is 16.6 Å². The van der Waals surface area contributed by atoms with Gasteiger partial charge in [0.1, 0.15) is 5.75 Å². The molecule has 0 fully saturated rings. The highest BCUT2D eigenvalue weighted by molar-refractivity contribution is 7.99. The Morgan fingerprint density at radius 2 is 1.93 bits per heavy atom. The van der Waals surface area contributed by atoms with Gasteiger partial charge in [-0.1, -0.05) is 30.0 Å². The number of aryl methyl sites for hydroxylation is 1. The molecular formula is C23H24N4O2S. The molecule has 30 heavy (non-hydrogen) atoms. The number of fused-ring (bicyclic) bond motifs is 1. The fourth-order valence-electron chi connectivity index (χ4n) is 3.33. The maximum Gasteiger partial charge on any atom is 0.230 e. The predicted molar refractivity (Wildman–Crippen MR) is 120 cm³/mol. The van der Waals surface area contributed by atoms with Crippen molar-refractivity contribution >= 4 is 28.6 Å². The number of hydrogen-bond acceptors (Lipinski definition) is 4. The van der Waals surface area contributed by atoms with Gasteiger partial charge in [0.05, 0.1) is 12.9 Å². The van der Waals surface area contributed by atoms with Crippen molar-refractivity contribution in [2.24, 2.45) is 0 Å². The van der Waals surface area contributed by atoms with Crippen LogP contribution < -0.4 is 10.1 Å². The second kappa shape index (κ2) is 9.54. The molecule has 4 rings (SSSR count). The summed E-state index contributed by atoms with van der Waals surface area (Å²) < 4.78 is 9.39. The van der Waals surface area contributed by atoms with Gasteiger partial charge >= 0.3 is 0 Å². The van der Waals surface area contributed by atoms with Crippen molar-refractivity contribution < 1.29 is 9.53 Å². The van der Waals surface area contributed by atoms with Crippen LogP contribution in [-0.2, 0) is 11.3 Å². The molecule has 0 radical (unpaired) electrons. The maximum atomic E-state index is 12.3. The van der Waals surface area contributed by atoms with Crippen LogP contribution in [0.3, 0.4) is 0 Å². The number of methoxy groups -OCH3 is 1. The zero-order valence-corrected chi connectivity index (χ0v) is 17.6. The Bertz CT molecular complexity index is 1120. The molecule has 154 valence electrons. The Morgan fingerprint density at radius 3 is 2.77 bits per heavy atom. The summed E-state index contributed by atoms with van der Waals surface area (Å²) in [6.07, 6.45) is 6.62. The summed E-state index contributed by atoms with van der Waals surface area (Å²) in [6.45, 7) is 1.53. The number of imidazole rings is 1. The van der Waals surface area contributed by atoms with Gasteiger partial charge in [-0.05, 0) is 48.2 Å². The molecule has 0 aliphatic heterocycles. The first-order chi connectivity index (χ1) is 14.7. The number of para-hydroxylation sites is 1. The minimum atomic E-state index is 0.0154. The lowest BCUT2D eigenvalue weighted by molar-refractivity contribution is -0.118. The number of carbonyl (C=O) groups excluding carboxylic acids is 1. The number of aromatic nitrogens is 3. The molecule has 0 atom stereocenters. The first-order valence-electron chi connectivity index (χ1n) is 9.86. The molecule has 0 spiro atoms. The van der Waals surface area contributed by atoms with E-state index in [0.717, 1.165) is 29.6 Å². The van der Waals surface area contributed by atoms with Crippen molar-refractivity contribution in [1.82, 2.24) is 19.4 Å². The van der Waals surface area contributed by atoms with Crippen molar-refractivity contribution in [3.63, 3.8) is 0 Å². The molecule has 0 aliphatic rings. The van der Waals surface area contributed by atoms with Crippen LogP contribution in [0.1, 0.15) is 6.42 Å². The van der Waals surface area contributed by atoms with Crippen molar-refractivity contribution in [3.8, 4) is 11.4 Å². The predicted octanol–water partition coefficient (Wildman–Crippen LogP) is 4.13. The lowest BCUT2D eigenvalue weighted by atomic mass is 10.2. The number of rotatable bonds is 9. The van der Waals surface area contributed by atoms with Crippen LogP contribution in [0.15, 0.2) is 78.3 Å². The van der Waals surface area contributed by atoms with Gasteiger partial charge in [0.2, 0.25) is 5.91 Å². The molecule has 7 heteroatoms. The molecule has 6 nitrogen and oxygen atoms in total. The highest BCUT2D eigenvalue weighted by Gasteiger charge is 2.09. The van der Waals surface area contributed by atoms with Crippen LogP contribution in [0.5, 0.6) is 5.75 Å². The molecule has 1 N–H and O–H groups in total. The minimum absolute atomic E-state index is 0.0154. The van der Waals surface area contributed by atoms with Gasteiger partial charge in [0.15, 0.2) is 5.16 Å². The molecular weight excluding hydrogens is 396 g/mol. The lowest BCUT2D eigenvalue weighted by Crippen LogP contribution is -2.27. The number of carbonyl (C=O) groups is 1. The van der Waals surface area contributed by atoms with Crippen molar-refractivity contribution in [2.45, 2.75) is 18.1 Å². The van der Waals surface area contributed by atoms with Crippen LogP contribution in [0, 0.1) is 0 Å². The van der Waals surface area contributed by atoms with E-state index in [1.807, 2.05) is 47.2 Å². The quantitative estimate of drug-likeness (QED) is 0.327. The molecule has 0 unspecified atom stereocenters. The molecule has 0 bridgehead atoms. The molecule has 4 aromatic rings. The zero-order chi connectivity index (χ0) is 20.8. The van der Waals surface area contributed by atoms with Crippen LogP contribution in [0.2, 0.25) is 0 Å². The van der Waals surface area contributed by atoms with E-state index in [-0.39, 0.29) is 5.91 Å². The Labute approximate surface area is 179 Å². The minimum Gasteiger partial charge on any atom is -0.497 e. The van der Waals surface area contributed by atoms with E-state index in [1.165, 1.54) is 22.7 Å². The van der Waals surface area contributed by atoms with E-state index in [4.69, 9.17) is 4.74 Å². The van der Waals surface area contributed by atoms with Gasteiger partial charge in [-0.15, -0.1) is 0 Å². The number of ether oxygens (including phenoxy) is 1. The second-order valence-corrected chi connectivity index (χ2v) is 7.78. The largest absolute Gasteiger partial charge is 0.497 e. The van der Waals surface area contributed by atoms with Gasteiger partial charge in [0.25, 0.3) is 0 Å². The third-order valence-corrected chi connectivity index (χ3v) is 5.83. The van der Waals surface area contributed by atoms with E-state index in [2.05, 4.69) is 39.3 Å². The van der Waals surface area contributed by atoms with Gasteiger partial charge in [0, 0.05) is 42.9 Å². The average Bonchev–Trinajstić information content (AvgIpc) is 3.42. The van der Waals surface area contributed by atoms with E-state index in [0.29, 0.717) is 12.3 Å². The van der Waals surface area contributed by atoms with E-state index < -0.39 is 0 Å². The molecule has 0 saturated carbocycles. The molecule has 2 aromatic heterocycles. The summed E-state index contributed by atoms with van der Waals surface area (Å²) in [5, 5.41) is 5.03. The number of nitrogens with one attached hydrogen (secondary N) is 1. The summed E-state index contributed by atoms with van der Waals surface area (Å²) in [7, 11) is 1.65. The number of thioether (sulfide) groups is 1. The molecule has 0 aliphatic carbocycles. The summed E-state index contributed by atoms with van der Waals surface area (Å²) in [4.78, 5) is 16.6. The number of hydrogen-bond donors (Lipinski definition) is 1. The highest BCUT2D eigenvalue weighted by atomic mass is 32.2. The first kappa shape index (κ1) is 20.1. The second-order valence-electron chi connectivity index (χ2n) is 6.84. The van der Waals surface area contributed by atoms with Crippen molar-refractivity contribution in [3.05, 3.63) is 73.2 Å². The topological polar surface area (TPSA) is 61.1 Å². The van der Waals surface area contributed by atoms with Gasteiger partial charge in [-0.3, -0.25) is 9.36 Å². The third kappa shape index (κ3) is 4.68. The van der Waals surface area contributed by atoms with E-state index >= 15 is 0 Å². The molecule has 2 aromatic carbocycles. The molecule has 0 saturated heterocycles. The van der Waals surface area contributed by atoms with E-state index in [1.54, 1.807) is 13.3 Å². The van der Waals surface area contributed by atoms with Gasteiger partial charge in [-0.25, -0.2) is 4.98 Å². The van der Waals surface area contributed by atoms with Gasteiger partial charge < -0.3 is 14.6 Å². The average molecular weight is 421 g/mol. The summed E-state index contributed by atoms with van der Waals surface area (Å²) in [6, 6.07) is 18.2. The smallest absolute Gasteiger partial charge is 0.230 e. The van der Waals surface area contributed by atoms with Crippen LogP contribution >= 0.6 is 11.8 Å². The zero-order valence-electron chi connectivity index (χ0n) is 16.8. The number of nitrogens with zero attached hydrogens (tertiary/aromatic N) is 3. The fraction of sp³-hybridized carbons (Fsp3) is 0.217. The number of amides is 1. The highest BCUT2D eigenvalue weighted by Crippen LogP contribution is 2.22. The van der Waals surface area contributed by atoms with Crippen LogP contribution in [-0.4, -0.2) is 39.4 Å². The Hall–Kier alpha value is -3.19. The first-order valence-corrected chi connectivity index (χ1v) is 10.8. The van der Waals surface area contributed by atoms with Crippen molar-refractivity contribution in [1.29, 1.82) is 0 Å². The van der Waals surface area contributed by atoms with E-state index in [9.17, 15) is 4.79 Å². The summed E-state index contributed by atoms with van der Waals surface area (Å²) >= 11 is 1.43. The molecule has 2 heterocycles. The van der Waals surface area contributed by atoms with Gasteiger partial charge in [-0.2, -0.15) is 0 Å². The third-order valence-electron chi connectivity index (χ3n) is 4.87. The Balaban J connectivity index is 1.24. The lowest BCUT2D eigenvalue weighted by Gasteiger charge is -2.09. The van der Waals surface area contributed by atoms with Crippen LogP contribution in [0.4, 0.5) is 0 Å². The normalized spacial score (nSPS) is 11.0. The monoisotopic (exact) mass is 420 g/mol. The number of benzene rings is 2. The summed E-state index contributed by atoms with van der Waals surface area (Å²) in [5.41, 5.74) is 2.21. The summed E-state index contributed by atoms with van der Waals surface area (Å²) in [5.74, 6) is 1.15. The SMILES string of the molecule is COc1ccc(-n2ccnc2SCC(=O)NCCCn2ccc3ccccc32)cc1. The fourth-order valence-corrected chi connectivity index (χ4v) is 4.13. The Kier molecular flexibility index (Phi) is 6.39. The molecule has 1 amide bonds. The standard InChI is InChI=1S/C23H24N4O2S/c1-29-20-9-7-19(8-10-20)27-16-13-25-23(27)30-17-22(28)24-12-4-14-26-15-11-18-5-2-3-6-21(18)26/h2-3,5-11,13,15-16H,4,12,14,17H2,1H3,(H,24,28). The Morgan fingerprint density at radius 1 is 1.10 bits per heavy atom. The maximum absolute atomic E-state index is 12.3.